The van der Waals surface area contributed by atoms with Crippen LogP contribution in [0.2, 0.25) is 10.0 Å². The summed E-state index contributed by atoms with van der Waals surface area (Å²) in [6.07, 6.45) is 1.50. The third kappa shape index (κ3) is 4.46. The van der Waals surface area contributed by atoms with Gasteiger partial charge in [0.1, 0.15) is 12.7 Å². The molecule has 1 heterocycles. The van der Waals surface area contributed by atoms with Crippen LogP contribution < -0.4 is 5.73 Å². The average molecular weight is 407 g/mol. The number of carbonyl (C=O) groups excluding carboxylic acids is 1. The molecule has 1 amide bonds. The maximum absolute atomic E-state index is 12.8. The highest BCUT2D eigenvalue weighted by atomic mass is 35.5. The monoisotopic (exact) mass is 406 g/mol. The quantitative estimate of drug-likeness (QED) is 0.751. The van der Waals surface area contributed by atoms with Crippen LogP contribution in [0.3, 0.4) is 0 Å². The van der Waals surface area contributed by atoms with E-state index in [1.807, 2.05) is 53.4 Å². The van der Waals surface area contributed by atoms with Gasteiger partial charge in [-0.05, 0) is 41.8 Å². The Kier molecular flexibility index (Phi) is 6.77. The summed E-state index contributed by atoms with van der Waals surface area (Å²) in [4.78, 5) is 14.8. The van der Waals surface area contributed by atoms with Crippen molar-refractivity contribution in [2.45, 2.75) is 38.0 Å². The summed E-state index contributed by atoms with van der Waals surface area (Å²) in [6.45, 7) is 2.55. The first-order chi connectivity index (χ1) is 13.0. The lowest BCUT2D eigenvalue weighted by Crippen LogP contribution is -2.53. The minimum absolute atomic E-state index is 0.0379. The number of nitrogens with two attached hydrogens (primary N) is 1. The molecule has 1 saturated heterocycles. The zero-order valence-electron chi connectivity index (χ0n) is 15.3. The Labute approximate surface area is 170 Å². The van der Waals surface area contributed by atoms with Crippen molar-refractivity contribution in [1.29, 1.82) is 0 Å². The van der Waals surface area contributed by atoms with Gasteiger partial charge in [0.25, 0.3) is 0 Å². The molecule has 27 heavy (non-hydrogen) atoms. The van der Waals surface area contributed by atoms with Crippen LogP contribution in [0.1, 0.15) is 43.0 Å². The average Bonchev–Trinajstić information content (AvgIpc) is 2.68. The minimum atomic E-state index is -0.299. The van der Waals surface area contributed by atoms with Crippen molar-refractivity contribution in [3.63, 3.8) is 0 Å². The third-order valence-electron chi connectivity index (χ3n) is 4.96. The van der Waals surface area contributed by atoms with E-state index in [1.54, 1.807) is 0 Å². The van der Waals surface area contributed by atoms with E-state index in [0.29, 0.717) is 16.6 Å². The normalized spacial score (nSPS) is 21.3. The molecule has 144 valence electrons. The topological polar surface area (TPSA) is 55.6 Å². The number of halogens is 2. The molecule has 0 bridgehead atoms. The number of morpholine rings is 1. The number of ether oxygens (including phenoxy) is 1. The van der Waals surface area contributed by atoms with Gasteiger partial charge in [-0.3, -0.25) is 4.79 Å². The number of carbonyl (C=O) groups is 1. The molecular formula is C21H24Cl2N2O2. The molecule has 0 aromatic heterocycles. The van der Waals surface area contributed by atoms with Crippen LogP contribution in [0.5, 0.6) is 0 Å². The van der Waals surface area contributed by atoms with Crippen LogP contribution >= 0.6 is 23.2 Å². The van der Waals surface area contributed by atoms with Crippen LogP contribution in [-0.4, -0.2) is 30.0 Å². The third-order valence-corrected chi connectivity index (χ3v) is 5.46. The van der Waals surface area contributed by atoms with Gasteiger partial charge in [0.2, 0.25) is 5.91 Å². The lowest BCUT2D eigenvalue weighted by atomic mass is 9.91. The fourth-order valence-corrected chi connectivity index (χ4v) is 3.94. The highest BCUT2D eigenvalue weighted by molar-refractivity contribution is 6.30. The standard InChI is InChI=1S/C21H24Cl2N2O2/c1-2-3-18(12-24)25-19(26)13-27-21(15-6-10-17(23)11-7-15)20(25)14-4-8-16(22)9-5-14/h4-11,18,20-21H,2-3,12-13,24H2,1H3/t18-,20+,21-/m0/s1. The molecule has 0 radical (unpaired) electrons. The molecule has 0 spiro atoms. The minimum Gasteiger partial charge on any atom is -0.361 e. The summed E-state index contributed by atoms with van der Waals surface area (Å²) >= 11 is 12.1. The van der Waals surface area contributed by atoms with Gasteiger partial charge in [0.05, 0.1) is 6.04 Å². The van der Waals surface area contributed by atoms with E-state index in [4.69, 9.17) is 33.7 Å². The van der Waals surface area contributed by atoms with Crippen molar-refractivity contribution in [3.8, 4) is 0 Å². The predicted octanol–water partition coefficient (Wildman–Crippen LogP) is 4.76. The summed E-state index contributed by atoms with van der Waals surface area (Å²) in [5.41, 5.74) is 8.00. The van der Waals surface area contributed by atoms with Gasteiger partial charge in [0.15, 0.2) is 0 Å². The number of amides is 1. The zero-order valence-corrected chi connectivity index (χ0v) is 16.8. The highest BCUT2D eigenvalue weighted by Crippen LogP contribution is 2.42. The molecule has 2 aromatic rings. The fraction of sp³-hybridized carbons (Fsp3) is 0.381. The van der Waals surface area contributed by atoms with Crippen molar-refractivity contribution in [2.75, 3.05) is 13.2 Å². The molecule has 2 N–H and O–H groups in total. The van der Waals surface area contributed by atoms with Crippen molar-refractivity contribution < 1.29 is 9.53 Å². The van der Waals surface area contributed by atoms with Crippen LogP contribution in [0, 0.1) is 0 Å². The van der Waals surface area contributed by atoms with E-state index in [1.165, 1.54) is 0 Å². The van der Waals surface area contributed by atoms with Crippen LogP contribution in [-0.2, 0) is 9.53 Å². The number of nitrogens with zero attached hydrogens (tertiary/aromatic N) is 1. The van der Waals surface area contributed by atoms with E-state index < -0.39 is 0 Å². The van der Waals surface area contributed by atoms with Crippen LogP contribution in [0.25, 0.3) is 0 Å². The van der Waals surface area contributed by atoms with Crippen molar-refractivity contribution in [3.05, 3.63) is 69.7 Å². The van der Waals surface area contributed by atoms with Gasteiger partial charge in [-0.1, -0.05) is 60.8 Å². The lowest BCUT2D eigenvalue weighted by Gasteiger charge is -2.45. The molecule has 0 saturated carbocycles. The molecule has 1 aliphatic heterocycles. The molecule has 2 aromatic carbocycles. The summed E-state index contributed by atoms with van der Waals surface area (Å²) in [7, 11) is 0. The van der Waals surface area contributed by atoms with Crippen molar-refractivity contribution >= 4 is 29.1 Å². The Morgan fingerprint density at radius 3 is 2.15 bits per heavy atom. The summed E-state index contributed by atoms with van der Waals surface area (Å²) in [5, 5.41) is 1.32. The van der Waals surface area contributed by atoms with Gasteiger partial charge in [-0.15, -0.1) is 0 Å². The lowest BCUT2D eigenvalue weighted by molar-refractivity contribution is -0.163. The van der Waals surface area contributed by atoms with Gasteiger partial charge < -0.3 is 15.4 Å². The van der Waals surface area contributed by atoms with Gasteiger partial charge >= 0.3 is 0 Å². The first kappa shape index (κ1) is 20.2. The van der Waals surface area contributed by atoms with E-state index in [9.17, 15) is 4.79 Å². The molecule has 6 heteroatoms. The Morgan fingerprint density at radius 2 is 1.63 bits per heavy atom. The zero-order chi connectivity index (χ0) is 19.4. The highest BCUT2D eigenvalue weighted by Gasteiger charge is 2.41. The molecule has 1 aliphatic rings. The second-order valence-electron chi connectivity index (χ2n) is 6.76. The van der Waals surface area contributed by atoms with E-state index in [-0.39, 0.29) is 30.7 Å². The summed E-state index contributed by atoms with van der Waals surface area (Å²) < 4.78 is 6.01. The SMILES string of the molecule is CCC[C@@H](CN)N1C(=O)CO[C@@H](c2ccc(Cl)cc2)[C@H]1c1ccc(Cl)cc1. The first-order valence-corrected chi connectivity index (χ1v) is 9.94. The molecule has 0 aliphatic carbocycles. The van der Waals surface area contributed by atoms with E-state index in [2.05, 4.69) is 6.92 Å². The largest absolute Gasteiger partial charge is 0.361 e. The van der Waals surface area contributed by atoms with Crippen molar-refractivity contribution in [1.82, 2.24) is 4.90 Å². The smallest absolute Gasteiger partial charge is 0.249 e. The van der Waals surface area contributed by atoms with Crippen molar-refractivity contribution in [2.24, 2.45) is 5.73 Å². The Morgan fingerprint density at radius 1 is 1.07 bits per heavy atom. The van der Waals surface area contributed by atoms with Gasteiger partial charge in [0, 0.05) is 22.6 Å². The maximum Gasteiger partial charge on any atom is 0.249 e. The maximum atomic E-state index is 12.8. The molecular weight excluding hydrogens is 383 g/mol. The predicted molar refractivity (Wildman–Crippen MR) is 109 cm³/mol. The summed E-state index contributed by atoms with van der Waals surface area (Å²) in [5.74, 6) is -0.0379. The molecule has 1 fully saturated rings. The number of rotatable bonds is 6. The molecule has 0 unspecified atom stereocenters. The first-order valence-electron chi connectivity index (χ1n) is 9.19. The second-order valence-corrected chi connectivity index (χ2v) is 7.63. The second kappa shape index (κ2) is 9.07. The number of hydrogen-bond donors (Lipinski definition) is 1. The summed E-state index contributed by atoms with van der Waals surface area (Å²) in [6, 6.07) is 14.8. The Hall–Kier alpha value is -1.59. The number of benzene rings is 2. The Bertz CT molecular complexity index is 765. The van der Waals surface area contributed by atoms with E-state index in [0.717, 1.165) is 24.0 Å². The van der Waals surface area contributed by atoms with Crippen LogP contribution in [0.4, 0.5) is 0 Å². The van der Waals surface area contributed by atoms with Gasteiger partial charge in [-0.25, -0.2) is 0 Å². The van der Waals surface area contributed by atoms with E-state index >= 15 is 0 Å². The molecule has 3 rings (SSSR count). The van der Waals surface area contributed by atoms with Crippen LogP contribution in [0.15, 0.2) is 48.5 Å². The number of hydrogen-bond acceptors (Lipinski definition) is 3. The molecule has 4 nitrogen and oxygen atoms in total. The molecule has 3 atom stereocenters. The Balaban J connectivity index is 2.07. The van der Waals surface area contributed by atoms with Gasteiger partial charge in [-0.2, -0.15) is 0 Å². The fourth-order valence-electron chi connectivity index (χ4n) is 3.69.